The first-order valence-corrected chi connectivity index (χ1v) is 10.6. The molecule has 5 rings (SSSR count). The maximum atomic E-state index is 12.7. The maximum Gasteiger partial charge on any atom is 0.433 e. The predicted molar refractivity (Wildman–Crippen MR) is 116 cm³/mol. The smallest absolute Gasteiger partial charge is 0.347 e. The van der Waals surface area contributed by atoms with Crippen LogP contribution in [-0.2, 0) is 26.1 Å². The van der Waals surface area contributed by atoms with E-state index in [2.05, 4.69) is 27.6 Å². The van der Waals surface area contributed by atoms with Crippen molar-refractivity contribution < 1.29 is 13.2 Å². The van der Waals surface area contributed by atoms with Crippen molar-refractivity contribution >= 4 is 10.9 Å². The van der Waals surface area contributed by atoms with Crippen LogP contribution in [0.1, 0.15) is 36.2 Å². The van der Waals surface area contributed by atoms with E-state index in [9.17, 15) is 18.0 Å². The number of pyridine rings is 1. The van der Waals surface area contributed by atoms with E-state index in [-0.39, 0.29) is 5.69 Å². The van der Waals surface area contributed by atoms with Gasteiger partial charge in [-0.25, -0.2) is 4.79 Å². The quantitative estimate of drug-likeness (QED) is 0.411. The molecule has 0 unspecified atom stereocenters. The molecule has 4 aromatic rings. The van der Waals surface area contributed by atoms with Crippen LogP contribution in [0.3, 0.4) is 0 Å². The first-order chi connectivity index (χ1) is 15.3. The summed E-state index contributed by atoms with van der Waals surface area (Å²) in [5, 5.41) is 1.22. The summed E-state index contributed by atoms with van der Waals surface area (Å²) in [5.74, 6) is 0. The Kier molecular flexibility index (Phi) is 4.87. The van der Waals surface area contributed by atoms with Gasteiger partial charge < -0.3 is 4.57 Å². The Hall–Kier alpha value is -3.42. The highest BCUT2D eigenvalue weighted by molar-refractivity contribution is 5.87. The number of rotatable bonds is 2. The number of benzene rings is 1. The number of halogens is 3. The van der Waals surface area contributed by atoms with Crippen molar-refractivity contribution in [2.24, 2.45) is 7.05 Å². The van der Waals surface area contributed by atoms with Gasteiger partial charge in [0.05, 0.1) is 16.9 Å². The molecule has 0 aliphatic heterocycles. The molecular weight excluding hydrogens is 417 g/mol. The summed E-state index contributed by atoms with van der Waals surface area (Å²) in [6, 6.07) is 9.73. The summed E-state index contributed by atoms with van der Waals surface area (Å²) in [7, 11) is 2.07. The highest BCUT2D eigenvalue weighted by Gasteiger charge is 2.32. The van der Waals surface area contributed by atoms with E-state index in [0.29, 0.717) is 11.3 Å². The van der Waals surface area contributed by atoms with Gasteiger partial charge in [0.15, 0.2) is 0 Å². The van der Waals surface area contributed by atoms with Crippen LogP contribution in [0.25, 0.3) is 27.8 Å². The van der Waals surface area contributed by atoms with Crippen molar-refractivity contribution in [3.63, 3.8) is 0 Å². The molecule has 0 saturated carbocycles. The van der Waals surface area contributed by atoms with E-state index < -0.39 is 17.6 Å². The average Bonchev–Trinajstić information content (AvgIpc) is 2.93. The van der Waals surface area contributed by atoms with Gasteiger partial charge in [-0.15, -0.1) is 0 Å². The highest BCUT2D eigenvalue weighted by Crippen LogP contribution is 2.32. The van der Waals surface area contributed by atoms with E-state index in [1.807, 2.05) is 12.1 Å². The lowest BCUT2D eigenvalue weighted by atomic mass is 10.1. The summed E-state index contributed by atoms with van der Waals surface area (Å²) in [6.07, 6.45) is 3.93. The van der Waals surface area contributed by atoms with E-state index in [1.165, 1.54) is 46.5 Å². The van der Waals surface area contributed by atoms with Gasteiger partial charge in [-0.05, 0) is 61.6 Å². The molecule has 32 heavy (non-hydrogen) atoms. The van der Waals surface area contributed by atoms with Crippen LogP contribution in [0.15, 0.2) is 53.6 Å². The fourth-order valence-corrected chi connectivity index (χ4v) is 4.55. The van der Waals surface area contributed by atoms with Crippen LogP contribution in [0.2, 0.25) is 0 Å². The second-order valence-electron chi connectivity index (χ2n) is 8.14. The van der Waals surface area contributed by atoms with Gasteiger partial charge in [-0.3, -0.25) is 9.55 Å². The average molecular weight is 438 g/mol. The molecule has 0 N–H and O–H groups in total. The summed E-state index contributed by atoms with van der Waals surface area (Å²) < 4.78 is 41.9. The van der Waals surface area contributed by atoms with E-state index in [0.717, 1.165) is 30.6 Å². The van der Waals surface area contributed by atoms with Crippen molar-refractivity contribution in [2.45, 2.75) is 38.3 Å². The van der Waals surface area contributed by atoms with E-state index >= 15 is 0 Å². The Balaban J connectivity index is 1.52. The summed E-state index contributed by atoms with van der Waals surface area (Å²) >= 11 is 0. The van der Waals surface area contributed by atoms with Gasteiger partial charge in [0.2, 0.25) is 0 Å². The Morgan fingerprint density at radius 1 is 1.00 bits per heavy atom. The first-order valence-electron chi connectivity index (χ1n) is 10.6. The Bertz CT molecular complexity index is 1370. The Morgan fingerprint density at radius 3 is 2.53 bits per heavy atom. The van der Waals surface area contributed by atoms with Crippen LogP contribution in [-0.4, -0.2) is 19.1 Å². The third-order valence-electron chi connectivity index (χ3n) is 6.19. The molecule has 3 heterocycles. The molecule has 0 fully saturated rings. The summed E-state index contributed by atoms with van der Waals surface area (Å²) in [4.78, 5) is 20.3. The molecule has 0 spiro atoms. The molecule has 1 aliphatic rings. The molecule has 164 valence electrons. The van der Waals surface area contributed by atoms with Gasteiger partial charge in [0.1, 0.15) is 5.69 Å². The van der Waals surface area contributed by atoms with Crippen LogP contribution < -0.4 is 5.69 Å². The van der Waals surface area contributed by atoms with Crippen LogP contribution in [0.4, 0.5) is 13.2 Å². The normalized spacial score (nSPS) is 14.4. The van der Waals surface area contributed by atoms with Crippen LogP contribution in [0.5, 0.6) is 0 Å². The van der Waals surface area contributed by atoms with Gasteiger partial charge in [-0.2, -0.15) is 18.2 Å². The zero-order chi connectivity index (χ0) is 22.5. The molecule has 1 aliphatic carbocycles. The van der Waals surface area contributed by atoms with Crippen molar-refractivity contribution in [3.05, 3.63) is 76.2 Å². The zero-order valence-corrected chi connectivity index (χ0v) is 17.5. The van der Waals surface area contributed by atoms with Gasteiger partial charge >= 0.3 is 11.9 Å². The molecule has 0 amide bonds. The lowest BCUT2D eigenvalue weighted by molar-refractivity contribution is -0.141. The van der Waals surface area contributed by atoms with Crippen molar-refractivity contribution in [3.8, 4) is 16.9 Å². The standard InChI is InChI=1S/C24H21F3N4O/c1-30-20-6-4-2-3-5-17(20)18-9-8-16(13-21(18)30)31-12-11-19(29-23(31)32)15-7-10-22(28-14-15)24(25,26)27/h7-14H,2-6H2,1H3. The lowest BCUT2D eigenvalue weighted by Gasteiger charge is -2.09. The number of hydrogen-bond donors (Lipinski definition) is 0. The number of fused-ring (bicyclic) bond motifs is 3. The second kappa shape index (κ2) is 7.62. The Morgan fingerprint density at radius 2 is 1.81 bits per heavy atom. The van der Waals surface area contributed by atoms with Crippen molar-refractivity contribution in [2.75, 3.05) is 0 Å². The van der Waals surface area contributed by atoms with Crippen LogP contribution >= 0.6 is 0 Å². The van der Waals surface area contributed by atoms with Gasteiger partial charge in [0.25, 0.3) is 0 Å². The van der Waals surface area contributed by atoms with Gasteiger partial charge in [0, 0.05) is 36.1 Å². The molecule has 5 nitrogen and oxygen atoms in total. The lowest BCUT2D eigenvalue weighted by Crippen LogP contribution is -2.21. The number of aromatic nitrogens is 4. The number of aryl methyl sites for hydroxylation is 2. The molecule has 0 bridgehead atoms. The molecule has 8 heteroatoms. The minimum Gasteiger partial charge on any atom is -0.347 e. The highest BCUT2D eigenvalue weighted by atomic mass is 19.4. The molecule has 1 aromatic carbocycles. The molecule has 0 atom stereocenters. The topological polar surface area (TPSA) is 52.7 Å². The van der Waals surface area contributed by atoms with Crippen molar-refractivity contribution in [1.82, 2.24) is 19.1 Å². The first kappa shape index (κ1) is 20.5. The SMILES string of the molecule is Cn1c2c(c3ccc(-n4ccc(-c5ccc(C(F)(F)F)nc5)nc4=O)cc31)CCCCC2. The summed E-state index contributed by atoms with van der Waals surface area (Å²) in [6.45, 7) is 0. The third kappa shape index (κ3) is 3.49. The largest absolute Gasteiger partial charge is 0.433 e. The van der Waals surface area contributed by atoms with E-state index in [4.69, 9.17) is 0 Å². The molecule has 0 radical (unpaired) electrons. The fourth-order valence-electron chi connectivity index (χ4n) is 4.55. The van der Waals surface area contributed by atoms with Gasteiger partial charge in [-0.1, -0.05) is 12.5 Å². The molecule has 0 saturated heterocycles. The molecule has 3 aromatic heterocycles. The van der Waals surface area contributed by atoms with E-state index in [1.54, 1.807) is 12.3 Å². The summed E-state index contributed by atoms with van der Waals surface area (Å²) in [5.41, 5.74) is 3.69. The number of hydrogen-bond acceptors (Lipinski definition) is 3. The second-order valence-corrected chi connectivity index (χ2v) is 8.14. The Labute approximate surface area is 182 Å². The third-order valence-corrected chi connectivity index (χ3v) is 6.19. The molecular formula is C24H21F3N4O. The fraction of sp³-hybridized carbons (Fsp3) is 0.292. The monoisotopic (exact) mass is 438 g/mol. The van der Waals surface area contributed by atoms with Crippen LogP contribution in [0, 0.1) is 0 Å². The predicted octanol–water partition coefficient (Wildman–Crippen LogP) is 5.07. The number of nitrogens with zero attached hydrogens (tertiary/aromatic N) is 4. The minimum absolute atomic E-state index is 0.277. The zero-order valence-electron chi connectivity index (χ0n) is 17.5. The maximum absolute atomic E-state index is 12.7. The number of alkyl halides is 3. The van der Waals surface area contributed by atoms with Crippen molar-refractivity contribution in [1.29, 1.82) is 0 Å². The minimum atomic E-state index is -4.51.